The van der Waals surface area contributed by atoms with E-state index < -0.39 is 21.5 Å². The molecule has 0 saturated carbocycles. The summed E-state index contributed by atoms with van der Waals surface area (Å²) < 4.78 is 59.8. The maximum atomic E-state index is 12.8. The Balaban J connectivity index is 1.89. The Kier molecular flexibility index (Phi) is 4.57. The summed E-state index contributed by atoms with van der Waals surface area (Å²) >= 11 is 0. The number of halogens is 3. The normalized spacial score (nSPS) is 14.0. The third-order valence-electron chi connectivity index (χ3n) is 3.55. The van der Waals surface area contributed by atoms with Crippen molar-refractivity contribution in [1.82, 2.24) is 10.1 Å². The minimum absolute atomic E-state index is 0.225. The van der Waals surface area contributed by atoms with Crippen molar-refractivity contribution < 1.29 is 21.9 Å². The Hall–Kier alpha value is -2.68. The molecular weight excluding hydrogens is 367 g/mol. The first-order valence-electron chi connectivity index (χ1n) is 7.45. The number of benzene rings is 2. The highest BCUT2D eigenvalue weighted by molar-refractivity contribution is 7.93. The average Bonchev–Trinajstić information content (AvgIpc) is 3.01. The summed E-state index contributed by atoms with van der Waals surface area (Å²) in [4.78, 5) is 4.33. The first-order valence-corrected chi connectivity index (χ1v) is 9.38. The Morgan fingerprint density at radius 3 is 2.15 bits per heavy atom. The lowest BCUT2D eigenvalue weighted by atomic mass is 10.2. The smallest absolute Gasteiger partial charge is 0.339 e. The van der Waals surface area contributed by atoms with Crippen LogP contribution in [-0.2, 0) is 15.9 Å². The molecular formula is C17H14F3N3O2S. The molecule has 1 heterocycles. The minimum atomic E-state index is -4.44. The molecule has 0 spiro atoms. The molecule has 0 radical (unpaired) electrons. The van der Waals surface area contributed by atoms with Gasteiger partial charge in [0.2, 0.25) is 11.7 Å². The van der Waals surface area contributed by atoms with Gasteiger partial charge in [0.25, 0.3) is 0 Å². The van der Waals surface area contributed by atoms with Gasteiger partial charge in [0, 0.05) is 23.6 Å². The van der Waals surface area contributed by atoms with Crippen LogP contribution < -0.4 is 0 Å². The molecule has 0 N–H and O–H groups in total. The van der Waals surface area contributed by atoms with E-state index in [9.17, 15) is 17.4 Å². The summed E-state index contributed by atoms with van der Waals surface area (Å²) in [7, 11) is -2.89. The second-order valence-electron chi connectivity index (χ2n) is 5.60. The lowest BCUT2D eigenvalue weighted by Gasteiger charge is -2.09. The summed E-state index contributed by atoms with van der Waals surface area (Å²) in [6.07, 6.45) is -3.06. The van der Waals surface area contributed by atoms with Crippen LogP contribution in [-0.4, -0.2) is 20.6 Å². The Labute approximate surface area is 148 Å². The quantitative estimate of drug-likeness (QED) is 0.650. The lowest BCUT2D eigenvalue weighted by molar-refractivity contribution is -0.137. The Morgan fingerprint density at radius 2 is 1.65 bits per heavy atom. The molecule has 0 aliphatic heterocycles. The maximum Gasteiger partial charge on any atom is 0.416 e. The van der Waals surface area contributed by atoms with Gasteiger partial charge in [-0.25, -0.2) is 4.21 Å². The van der Waals surface area contributed by atoms with Crippen molar-refractivity contribution >= 4 is 15.4 Å². The van der Waals surface area contributed by atoms with Crippen LogP contribution >= 0.6 is 0 Å². The predicted molar refractivity (Wildman–Crippen MR) is 90.3 cm³/mol. The van der Waals surface area contributed by atoms with Crippen LogP contribution in [0.5, 0.6) is 0 Å². The van der Waals surface area contributed by atoms with Gasteiger partial charge in [-0.05, 0) is 48.5 Å². The number of hydrogen-bond donors (Lipinski definition) is 0. The molecule has 0 aliphatic rings. The fourth-order valence-corrected chi connectivity index (χ4v) is 3.51. The average molecular weight is 381 g/mol. The van der Waals surface area contributed by atoms with Crippen LogP contribution in [0.3, 0.4) is 0 Å². The molecule has 3 rings (SSSR count). The van der Waals surface area contributed by atoms with E-state index in [0.29, 0.717) is 23.0 Å². The molecule has 0 bridgehead atoms. The third kappa shape index (κ3) is 3.93. The van der Waals surface area contributed by atoms with E-state index in [1.807, 2.05) is 0 Å². The Morgan fingerprint density at radius 1 is 1.04 bits per heavy atom. The molecule has 0 fully saturated rings. The van der Waals surface area contributed by atoms with E-state index in [-0.39, 0.29) is 4.90 Å². The van der Waals surface area contributed by atoms with Crippen molar-refractivity contribution in [2.75, 3.05) is 6.26 Å². The first kappa shape index (κ1) is 18.1. The van der Waals surface area contributed by atoms with Gasteiger partial charge in [0.1, 0.15) is 0 Å². The molecule has 0 saturated heterocycles. The SMILES string of the molecule is Cc1nc(-c2ccc(N=S(C)(=O)c3ccc(C(F)(F)F)cc3)cc2)no1. The zero-order valence-corrected chi connectivity index (χ0v) is 14.6. The van der Waals surface area contributed by atoms with E-state index >= 15 is 0 Å². The minimum Gasteiger partial charge on any atom is -0.339 e. The van der Waals surface area contributed by atoms with Crippen molar-refractivity contribution in [3.05, 3.63) is 60.0 Å². The molecule has 2 aromatic carbocycles. The molecule has 0 amide bonds. The topological polar surface area (TPSA) is 68.3 Å². The number of nitrogens with zero attached hydrogens (tertiary/aromatic N) is 3. The van der Waals surface area contributed by atoms with Crippen molar-refractivity contribution in [1.29, 1.82) is 0 Å². The second kappa shape index (κ2) is 6.56. The summed E-state index contributed by atoms with van der Waals surface area (Å²) in [6, 6.07) is 10.8. The first-order chi connectivity index (χ1) is 12.1. The van der Waals surface area contributed by atoms with Crippen molar-refractivity contribution in [3.63, 3.8) is 0 Å². The van der Waals surface area contributed by atoms with Crippen LogP contribution in [0.25, 0.3) is 11.4 Å². The zero-order chi connectivity index (χ0) is 18.9. The van der Waals surface area contributed by atoms with Crippen LogP contribution in [0.15, 0.2) is 62.3 Å². The van der Waals surface area contributed by atoms with Gasteiger partial charge in [-0.15, -0.1) is 0 Å². The van der Waals surface area contributed by atoms with Gasteiger partial charge in [0.05, 0.1) is 21.0 Å². The molecule has 26 heavy (non-hydrogen) atoms. The Bertz CT molecular complexity index is 1030. The highest BCUT2D eigenvalue weighted by Gasteiger charge is 2.30. The van der Waals surface area contributed by atoms with Gasteiger partial charge in [0.15, 0.2) is 0 Å². The fraction of sp³-hybridized carbons (Fsp3) is 0.176. The molecule has 9 heteroatoms. The zero-order valence-electron chi connectivity index (χ0n) is 13.8. The summed E-state index contributed by atoms with van der Waals surface area (Å²) in [6.45, 7) is 1.68. The molecule has 5 nitrogen and oxygen atoms in total. The summed E-state index contributed by atoms with van der Waals surface area (Å²) in [5.74, 6) is 0.863. The highest BCUT2D eigenvalue weighted by atomic mass is 32.2. The van der Waals surface area contributed by atoms with Gasteiger partial charge in [-0.2, -0.15) is 22.5 Å². The van der Waals surface area contributed by atoms with Crippen LogP contribution in [0.1, 0.15) is 11.5 Å². The maximum absolute atomic E-state index is 12.8. The predicted octanol–water partition coefficient (Wildman–Crippen LogP) is 4.85. The number of hydrogen-bond acceptors (Lipinski definition) is 5. The molecule has 3 aromatic rings. The highest BCUT2D eigenvalue weighted by Crippen LogP contribution is 2.30. The van der Waals surface area contributed by atoms with Crippen molar-refractivity contribution in [2.45, 2.75) is 18.0 Å². The van der Waals surface area contributed by atoms with E-state index in [4.69, 9.17) is 4.52 Å². The lowest BCUT2D eigenvalue weighted by Crippen LogP contribution is -2.05. The van der Waals surface area contributed by atoms with E-state index in [1.165, 1.54) is 18.4 Å². The van der Waals surface area contributed by atoms with Gasteiger partial charge in [-0.1, -0.05) is 5.16 Å². The number of alkyl halides is 3. The molecule has 1 unspecified atom stereocenters. The summed E-state index contributed by atoms with van der Waals surface area (Å²) in [5, 5.41) is 3.80. The molecule has 0 aliphatic carbocycles. The van der Waals surface area contributed by atoms with Crippen molar-refractivity contribution in [3.8, 4) is 11.4 Å². The molecule has 1 aromatic heterocycles. The van der Waals surface area contributed by atoms with Gasteiger partial charge < -0.3 is 4.52 Å². The van der Waals surface area contributed by atoms with Crippen LogP contribution in [0.4, 0.5) is 18.9 Å². The summed E-state index contributed by atoms with van der Waals surface area (Å²) in [5.41, 5.74) is 0.343. The third-order valence-corrected chi connectivity index (χ3v) is 5.26. The fourth-order valence-electron chi connectivity index (χ4n) is 2.24. The van der Waals surface area contributed by atoms with E-state index in [2.05, 4.69) is 14.5 Å². The van der Waals surface area contributed by atoms with Gasteiger partial charge >= 0.3 is 6.18 Å². The molecule has 136 valence electrons. The van der Waals surface area contributed by atoms with Gasteiger partial charge in [-0.3, -0.25) is 0 Å². The monoisotopic (exact) mass is 381 g/mol. The second-order valence-corrected chi connectivity index (χ2v) is 7.86. The van der Waals surface area contributed by atoms with Crippen molar-refractivity contribution in [2.24, 2.45) is 4.36 Å². The van der Waals surface area contributed by atoms with Crippen LogP contribution in [0, 0.1) is 6.92 Å². The van der Waals surface area contributed by atoms with E-state index in [0.717, 1.165) is 12.1 Å². The molecule has 1 atom stereocenters. The largest absolute Gasteiger partial charge is 0.416 e. The number of rotatable bonds is 3. The number of aryl methyl sites for hydroxylation is 1. The standard InChI is InChI=1S/C17H14F3N3O2S/c1-11-21-16(22-25-11)12-3-7-14(8-4-12)23-26(2,24)15-9-5-13(6-10-15)17(18,19)20/h3-10H,1-2H3. The van der Waals surface area contributed by atoms with E-state index in [1.54, 1.807) is 31.2 Å². The van der Waals surface area contributed by atoms with Crippen LogP contribution in [0.2, 0.25) is 0 Å². The number of aromatic nitrogens is 2.